The van der Waals surface area contributed by atoms with E-state index >= 15 is 0 Å². The number of carbonyl (C=O) groups is 2. The van der Waals surface area contributed by atoms with Crippen molar-refractivity contribution in [2.24, 2.45) is 0 Å². The van der Waals surface area contributed by atoms with Gasteiger partial charge in [-0.25, -0.2) is 0 Å². The first kappa shape index (κ1) is 17.4. The van der Waals surface area contributed by atoms with Crippen LogP contribution in [-0.2, 0) is 0 Å². The van der Waals surface area contributed by atoms with Gasteiger partial charge in [-0.15, -0.1) is 0 Å². The topological polar surface area (TPSA) is 52.6 Å². The van der Waals surface area contributed by atoms with Crippen molar-refractivity contribution in [2.45, 2.75) is 0 Å². The first-order chi connectivity index (χ1) is 12.7. The molecule has 130 valence electrons. The van der Waals surface area contributed by atoms with Crippen LogP contribution >= 0.6 is 0 Å². The Bertz CT molecular complexity index is 931. The molecule has 0 saturated heterocycles. The second-order valence-corrected chi connectivity index (χ2v) is 5.61. The standard InChI is InChI=1S/C22H18O4/c1-25-18-14-13-17(21(24)20(23)16-11-7-4-8-12-16)19(22(18)26-2)15-9-5-3-6-10-15/h3-14H,1-2H3. The number of ether oxygens (including phenoxy) is 2. The maximum absolute atomic E-state index is 13.0. The number of Topliss-reactive ketones (excluding diaryl/α,β-unsaturated/α-hetero) is 2. The van der Waals surface area contributed by atoms with Gasteiger partial charge in [-0.05, 0) is 17.7 Å². The van der Waals surface area contributed by atoms with Crippen molar-refractivity contribution < 1.29 is 19.1 Å². The molecule has 0 bridgehead atoms. The minimum Gasteiger partial charge on any atom is -0.493 e. The lowest BCUT2D eigenvalue weighted by Gasteiger charge is -2.16. The van der Waals surface area contributed by atoms with E-state index in [-0.39, 0.29) is 5.56 Å². The molecule has 0 aliphatic carbocycles. The van der Waals surface area contributed by atoms with Crippen LogP contribution in [0.5, 0.6) is 11.5 Å². The van der Waals surface area contributed by atoms with E-state index in [2.05, 4.69) is 0 Å². The molecule has 0 fully saturated rings. The number of ketones is 2. The van der Waals surface area contributed by atoms with Crippen molar-refractivity contribution in [1.82, 2.24) is 0 Å². The van der Waals surface area contributed by atoms with E-state index in [9.17, 15) is 9.59 Å². The Morgan fingerprint density at radius 1 is 0.692 bits per heavy atom. The predicted octanol–water partition coefficient (Wildman–Crippen LogP) is 4.44. The molecule has 0 atom stereocenters. The molecule has 4 heteroatoms. The van der Waals surface area contributed by atoms with Crippen LogP contribution in [0.3, 0.4) is 0 Å². The van der Waals surface area contributed by atoms with Gasteiger partial charge in [0, 0.05) is 16.7 Å². The van der Waals surface area contributed by atoms with Gasteiger partial charge in [-0.1, -0.05) is 60.7 Å². The number of rotatable bonds is 6. The number of hydrogen-bond acceptors (Lipinski definition) is 4. The van der Waals surface area contributed by atoms with Crippen molar-refractivity contribution in [1.29, 1.82) is 0 Å². The summed E-state index contributed by atoms with van der Waals surface area (Å²) in [6, 6.07) is 21.1. The van der Waals surface area contributed by atoms with Gasteiger partial charge in [0.2, 0.25) is 11.6 Å². The first-order valence-corrected chi connectivity index (χ1v) is 8.12. The third kappa shape index (κ3) is 3.22. The molecular formula is C22H18O4. The first-order valence-electron chi connectivity index (χ1n) is 8.12. The summed E-state index contributed by atoms with van der Waals surface area (Å²) < 4.78 is 10.9. The third-order valence-corrected chi connectivity index (χ3v) is 4.09. The lowest BCUT2D eigenvalue weighted by molar-refractivity contribution is 0.0817. The Labute approximate surface area is 152 Å². The number of benzene rings is 3. The summed E-state index contributed by atoms with van der Waals surface area (Å²) in [6.45, 7) is 0. The molecule has 0 unspecified atom stereocenters. The Hall–Kier alpha value is -3.40. The fourth-order valence-electron chi connectivity index (χ4n) is 2.85. The summed E-state index contributed by atoms with van der Waals surface area (Å²) in [6.07, 6.45) is 0. The van der Waals surface area contributed by atoms with Crippen molar-refractivity contribution in [3.05, 3.63) is 83.9 Å². The number of carbonyl (C=O) groups excluding carboxylic acids is 2. The molecular weight excluding hydrogens is 328 g/mol. The molecule has 0 aliphatic rings. The van der Waals surface area contributed by atoms with Gasteiger partial charge < -0.3 is 9.47 Å². The average Bonchev–Trinajstić information content (AvgIpc) is 2.72. The summed E-state index contributed by atoms with van der Waals surface area (Å²) in [7, 11) is 3.04. The smallest absolute Gasteiger partial charge is 0.234 e. The molecule has 0 aromatic heterocycles. The van der Waals surface area contributed by atoms with Gasteiger partial charge in [0.25, 0.3) is 0 Å². The maximum atomic E-state index is 13.0. The van der Waals surface area contributed by atoms with E-state index in [4.69, 9.17) is 9.47 Å². The molecule has 0 radical (unpaired) electrons. The van der Waals surface area contributed by atoms with Crippen LogP contribution in [0, 0.1) is 0 Å². The second-order valence-electron chi connectivity index (χ2n) is 5.61. The minimum absolute atomic E-state index is 0.280. The van der Waals surface area contributed by atoms with Gasteiger partial charge >= 0.3 is 0 Å². The van der Waals surface area contributed by atoms with E-state index in [1.165, 1.54) is 14.2 Å². The van der Waals surface area contributed by atoms with Crippen LogP contribution in [0.15, 0.2) is 72.8 Å². The van der Waals surface area contributed by atoms with E-state index in [1.807, 2.05) is 30.3 Å². The second kappa shape index (κ2) is 7.66. The Morgan fingerprint density at radius 3 is 1.88 bits per heavy atom. The van der Waals surface area contributed by atoms with Crippen LogP contribution in [0.25, 0.3) is 11.1 Å². The summed E-state index contributed by atoms with van der Waals surface area (Å²) in [5, 5.41) is 0. The van der Waals surface area contributed by atoms with Gasteiger partial charge in [-0.3, -0.25) is 9.59 Å². The molecule has 4 nitrogen and oxygen atoms in total. The highest BCUT2D eigenvalue weighted by Gasteiger charge is 2.25. The SMILES string of the molecule is COc1ccc(C(=O)C(=O)c2ccccc2)c(-c2ccccc2)c1OC. The van der Waals surface area contributed by atoms with E-state index in [1.54, 1.807) is 42.5 Å². The molecule has 0 saturated carbocycles. The van der Waals surface area contributed by atoms with E-state index in [0.29, 0.717) is 22.6 Å². The van der Waals surface area contributed by atoms with Gasteiger partial charge in [0.1, 0.15) is 0 Å². The summed E-state index contributed by atoms with van der Waals surface area (Å²) >= 11 is 0. The fourth-order valence-corrected chi connectivity index (χ4v) is 2.85. The molecule has 0 N–H and O–H groups in total. The van der Waals surface area contributed by atoms with Gasteiger partial charge in [-0.2, -0.15) is 0 Å². The molecule has 0 aliphatic heterocycles. The van der Waals surface area contributed by atoms with Crippen LogP contribution < -0.4 is 9.47 Å². The number of methoxy groups -OCH3 is 2. The summed E-state index contributed by atoms with van der Waals surface area (Å²) in [5.41, 5.74) is 1.95. The molecule has 0 heterocycles. The van der Waals surface area contributed by atoms with Crippen molar-refractivity contribution in [2.75, 3.05) is 14.2 Å². The van der Waals surface area contributed by atoms with Crippen molar-refractivity contribution in [3.8, 4) is 22.6 Å². The fraction of sp³-hybridized carbons (Fsp3) is 0.0909. The zero-order valence-corrected chi connectivity index (χ0v) is 14.6. The summed E-state index contributed by atoms with van der Waals surface area (Å²) in [4.78, 5) is 25.6. The molecule has 0 amide bonds. The molecule has 26 heavy (non-hydrogen) atoms. The zero-order chi connectivity index (χ0) is 18.5. The number of hydrogen-bond donors (Lipinski definition) is 0. The highest BCUT2D eigenvalue weighted by atomic mass is 16.5. The lowest BCUT2D eigenvalue weighted by Crippen LogP contribution is -2.16. The monoisotopic (exact) mass is 346 g/mol. The normalized spacial score (nSPS) is 10.2. The third-order valence-electron chi connectivity index (χ3n) is 4.09. The zero-order valence-electron chi connectivity index (χ0n) is 14.6. The highest BCUT2D eigenvalue weighted by Crippen LogP contribution is 2.41. The Balaban J connectivity index is 2.18. The quantitative estimate of drug-likeness (QED) is 0.489. The lowest BCUT2D eigenvalue weighted by atomic mass is 9.92. The Kier molecular flexibility index (Phi) is 5.13. The largest absolute Gasteiger partial charge is 0.493 e. The van der Waals surface area contributed by atoms with Crippen LogP contribution in [-0.4, -0.2) is 25.8 Å². The summed E-state index contributed by atoms with van der Waals surface area (Å²) in [5.74, 6) is -0.230. The molecule has 3 aromatic carbocycles. The molecule has 3 rings (SSSR count). The van der Waals surface area contributed by atoms with E-state index < -0.39 is 11.6 Å². The van der Waals surface area contributed by atoms with Gasteiger partial charge in [0.05, 0.1) is 14.2 Å². The molecule has 0 spiro atoms. The van der Waals surface area contributed by atoms with Crippen LogP contribution in [0.2, 0.25) is 0 Å². The average molecular weight is 346 g/mol. The van der Waals surface area contributed by atoms with Crippen molar-refractivity contribution in [3.63, 3.8) is 0 Å². The van der Waals surface area contributed by atoms with Crippen molar-refractivity contribution >= 4 is 11.6 Å². The van der Waals surface area contributed by atoms with Gasteiger partial charge in [0.15, 0.2) is 11.5 Å². The van der Waals surface area contributed by atoms with Crippen LogP contribution in [0.4, 0.5) is 0 Å². The highest BCUT2D eigenvalue weighted by molar-refractivity contribution is 6.50. The van der Waals surface area contributed by atoms with E-state index in [0.717, 1.165) is 5.56 Å². The van der Waals surface area contributed by atoms with Crippen LogP contribution in [0.1, 0.15) is 20.7 Å². The minimum atomic E-state index is -0.587. The maximum Gasteiger partial charge on any atom is 0.234 e. The Morgan fingerprint density at radius 2 is 1.31 bits per heavy atom. The molecule has 3 aromatic rings. The predicted molar refractivity (Wildman–Crippen MR) is 100 cm³/mol.